The molecular weight excluding hydrogens is 304 g/mol. The van der Waals surface area contributed by atoms with Gasteiger partial charge in [0.25, 0.3) is 11.4 Å². The first-order valence-electron chi connectivity index (χ1n) is 6.40. The van der Waals surface area contributed by atoms with Crippen molar-refractivity contribution in [3.05, 3.63) is 67.8 Å². The molecule has 1 N–H and O–H groups in total. The molecule has 0 radical (unpaired) electrons. The maximum absolute atomic E-state index is 11.0. The zero-order valence-electron chi connectivity index (χ0n) is 12.0. The van der Waals surface area contributed by atoms with Crippen LogP contribution in [0.15, 0.2) is 36.4 Å². The number of hydrogen-bond donors (Lipinski definition) is 1. The quantitative estimate of drug-likeness (QED) is 0.513. The van der Waals surface area contributed by atoms with Crippen LogP contribution in [0.1, 0.15) is 11.1 Å². The number of phenolic OH excluding ortho intramolecular Hbond substituents is 1. The third-order valence-corrected chi connectivity index (χ3v) is 3.08. The molecule has 118 valence electrons. The molecule has 0 aliphatic heterocycles. The van der Waals surface area contributed by atoms with Gasteiger partial charge in [-0.05, 0) is 29.8 Å². The number of nitrogens with zero attached hydrogens (tertiary/aromatic N) is 2. The fraction of sp³-hybridized carbons (Fsp3) is 0.0667. The van der Waals surface area contributed by atoms with Crippen molar-refractivity contribution in [2.75, 3.05) is 7.11 Å². The van der Waals surface area contributed by atoms with E-state index in [2.05, 4.69) is 0 Å². The zero-order chi connectivity index (χ0) is 17.0. The van der Waals surface area contributed by atoms with Crippen LogP contribution in [0.5, 0.6) is 11.5 Å². The van der Waals surface area contributed by atoms with Gasteiger partial charge in [-0.25, -0.2) is 0 Å². The van der Waals surface area contributed by atoms with E-state index in [9.17, 15) is 25.3 Å². The van der Waals surface area contributed by atoms with Crippen molar-refractivity contribution in [2.24, 2.45) is 0 Å². The SMILES string of the molecule is COc1cc(C=Cc2ccc([N+](=O)[O-])cc2[N+](=O)[O-])ccc1O. The van der Waals surface area contributed by atoms with Crippen LogP contribution < -0.4 is 4.74 Å². The van der Waals surface area contributed by atoms with Gasteiger partial charge in [0, 0.05) is 6.07 Å². The summed E-state index contributed by atoms with van der Waals surface area (Å²) in [6.07, 6.45) is 3.05. The summed E-state index contributed by atoms with van der Waals surface area (Å²) >= 11 is 0. The monoisotopic (exact) mass is 316 g/mol. The Morgan fingerprint density at radius 2 is 1.78 bits per heavy atom. The molecule has 0 aliphatic carbocycles. The molecule has 2 aromatic rings. The highest BCUT2D eigenvalue weighted by atomic mass is 16.6. The van der Waals surface area contributed by atoms with E-state index in [1.807, 2.05) is 0 Å². The summed E-state index contributed by atoms with van der Waals surface area (Å²) in [7, 11) is 1.41. The van der Waals surface area contributed by atoms with Crippen LogP contribution in [-0.4, -0.2) is 22.1 Å². The third-order valence-electron chi connectivity index (χ3n) is 3.08. The first-order valence-corrected chi connectivity index (χ1v) is 6.40. The van der Waals surface area contributed by atoms with Crippen LogP contribution in [0.3, 0.4) is 0 Å². The number of ether oxygens (including phenoxy) is 1. The highest BCUT2D eigenvalue weighted by Gasteiger charge is 2.17. The van der Waals surface area contributed by atoms with Crippen molar-refractivity contribution in [1.82, 2.24) is 0 Å². The second kappa shape index (κ2) is 6.56. The Labute approximate surface area is 130 Å². The molecule has 0 spiro atoms. The second-order valence-electron chi connectivity index (χ2n) is 4.52. The number of hydrogen-bond acceptors (Lipinski definition) is 6. The fourth-order valence-corrected chi connectivity index (χ4v) is 1.93. The Kier molecular flexibility index (Phi) is 4.55. The van der Waals surface area contributed by atoms with Crippen molar-refractivity contribution >= 4 is 23.5 Å². The predicted octanol–water partition coefficient (Wildman–Crippen LogP) is 3.39. The molecule has 8 heteroatoms. The minimum atomic E-state index is -0.689. The van der Waals surface area contributed by atoms with Crippen LogP contribution in [0.4, 0.5) is 11.4 Å². The molecular formula is C15H12N2O6. The van der Waals surface area contributed by atoms with Gasteiger partial charge >= 0.3 is 0 Å². The van der Waals surface area contributed by atoms with E-state index < -0.39 is 9.85 Å². The van der Waals surface area contributed by atoms with Crippen molar-refractivity contribution in [2.45, 2.75) is 0 Å². The minimum Gasteiger partial charge on any atom is -0.504 e. The minimum absolute atomic E-state index is 0.0223. The van der Waals surface area contributed by atoms with Crippen LogP contribution in [-0.2, 0) is 0 Å². The summed E-state index contributed by atoms with van der Waals surface area (Å²) in [4.78, 5) is 20.4. The Bertz CT molecular complexity index is 801. The summed E-state index contributed by atoms with van der Waals surface area (Å²) in [5.74, 6) is 0.247. The lowest BCUT2D eigenvalue weighted by molar-refractivity contribution is -0.394. The van der Waals surface area contributed by atoms with Crippen LogP contribution in [0, 0.1) is 20.2 Å². The van der Waals surface area contributed by atoms with Crippen LogP contribution in [0.2, 0.25) is 0 Å². The highest BCUT2D eigenvalue weighted by Crippen LogP contribution is 2.29. The van der Waals surface area contributed by atoms with E-state index in [-0.39, 0.29) is 28.4 Å². The molecule has 0 amide bonds. The Hall–Kier alpha value is -3.42. The topological polar surface area (TPSA) is 116 Å². The van der Waals surface area contributed by atoms with Crippen molar-refractivity contribution in [3.63, 3.8) is 0 Å². The summed E-state index contributed by atoms with van der Waals surface area (Å²) in [5.41, 5.74) is 0.168. The summed E-state index contributed by atoms with van der Waals surface area (Å²) in [6, 6.07) is 8.02. The lowest BCUT2D eigenvalue weighted by Crippen LogP contribution is -1.94. The molecule has 0 fully saturated rings. The van der Waals surface area contributed by atoms with E-state index in [0.717, 1.165) is 6.07 Å². The van der Waals surface area contributed by atoms with Gasteiger partial charge in [-0.15, -0.1) is 0 Å². The van der Waals surface area contributed by atoms with Crippen molar-refractivity contribution in [3.8, 4) is 11.5 Å². The first kappa shape index (κ1) is 16.0. The average molecular weight is 316 g/mol. The number of phenols is 1. The van der Waals surface area contributed by atoms with E-state index in [4.69, 9.17) is 4.74 Å². The fourth-order valence-electron chi connectivity index (χ4n) is 1.93. The molecule has 2 rings (SSSR count). The molecule has 0 saturated heterocycles. The number of nitro groups is 2. The molecule has 0 heterocycles. The van der Waals surface area contributed by atoms with E-state index >= 15 is 0 Å². The van der Waals surface area contributed by atoms with Crippen molar-refractivity contribution in [1.29, 1.82) is 0 Å². The van der Waals surface area contributed by atoms with E-state index in [1.165, 1.54) is 31.4 Å². The number of benzene rings is 2. The lowest BCUT2D eigenvalue weighted by atomic mass is 10.1. The third kappa shape index (κ3) is 3.62. The maximum atomic E-state index is 11.0. The normalized spacial score (nSPS) is 10.7. The molecule has 23 heavy (non-hydrogen) atoms. The molecule has 2 aromatic carbocycles. The summed E-state index contributed by atoms with van der Waals surface area (Å²) < 4.78 is 4.97. The van der Waals surface area contributed by atoms with Gasteiger partial charge in [0.1, 0.15) is 0 Å². The molecule has 0 aromatic heterocycles. The molecule has 0 unspecified atom stereocenters. The number of non-ortho nitro benzene ring substituents is 1. The van der Waals surface area contributed by atoms with Gasteiger partial charge in [-0.2, -0.15) is 0 Å². The van der Waals surface area contributed by atoms with Gasteiger partial charge < -0.3 is 9.84 Å². The van der Waals surface area contributed by atoms with Gasteiger partial charge in [-0.3, -0.25) is 20.2 Å². The number of methoxy groups -OCH3 is 1. The van der Waals surface area contributed by atoms with E-state index in [0.29, 0.717) is 5.56 Å². The first-order chi connectivity index (χ1) is 10.9. The van der Waals surface area contributed by atoms with Gasteiger partial charge in [0.2, 0.25) is 0 Å². The highest BCUT2D eigenvalue weighted by molar-refractivity contribution is 5.75. The maximum Gasteiger partial charge on any atom is 0.283 e. The zero-order valence-corrected chi connectivity index (χ0v) is 12.0. The Balaban J connectivity index is 2.39. The summed E-state index contributed by atoms with van der Waals surface area (Å²) in [6.45, 7) is 0. The van der Waals surface area contributed by atoms with Gasteiger partial charge in [0.15, 0.2) is 11.5 Å². The largest absolute Gasteiger partial charge is 0.504 e. The van der Waals surface area contributed by atoms with Gasteiger partial charge in [-0.1, -0.05) is 12.1 Å². The molecule has 0 aliphatic rings. The van der Waals surface area contributed by atoms with Crippen LogP contribution >= 0.6 is 0 Å². The van der Waals surface area contributed by atoms with E-state index in [1.54, 1.807) is 18.2 Å². The molecule has 8 nitrogen and oxygen atoms in total. The predicted molar refractivity (Wildman–Crippen MR) is 83.3 cm³/mol. The summed E-state index contributed by atoms with van der Waals surface area (Å²) in [5, 5.41) is 31.3. The number of rotatable bonds is 5. The lowest BCUT2D eigenvalue weighted by Gasteiger charge is -2.03. The Morgan fingerprint density at radius 1 is 1.04 bits per heavy atom. The Morgan fingerprint density at radius 3 is 2.39 bits per heavy atom. The molecule has 0 bridgehead atoms. The standard InChI is InChI=1S/C15H12N2O6/c1-23-15-8-10(3-7-14(15)18)2-4-11-5-6-12(16(19)20)9-13(11)17(21)22/h2-9,18H,1H3. The van der Waals surface area contributed by atoms with Gasteiger partial charge in [0.05, 0.1) is 28.6 Å². The number of aromatic hydroxyl groups is 1. The number of nitro benzene ring substituents is 2. The average Bonchev–Trinajstić information content (AvgIpc) is 2.53. The molecule has 0 atom stereocenters. The smallest absolute Gasteiger partial charge is 0.283 e. The van der Waals surface area contributed by atoms with Crippen LogP contribution in [0.25, 0.3) is 12.2 Å². The second-order valence-corrected chi connectivity index (χ2v) is 4.52. The molecule has 0 saturated carbocycles. The van der Waals surface area contributed by atoms with Crippen molar-refractivity contribution < 1.29 is 19.7 Å².